The highest BCUT2D eigenvalue weighted by molar-refractivity contribution is 6.30. The van der Waals surface area contributed by atoms with Gasteiger partial charge in [-0.3, -0.25) is 14.5 Å². The van der Waals surface area contributed by atoms with Crippen LogP contribution in [0, 0.1) is 11.8 Å². The molecule has 1 aromatic carbocycles. The van der Waals surface area contributed by atoms with E-state index in [0.717, 1.165) is 0 Å². The Labute approximate surface area is 128 Å². The summed E-state index contributed by atoms with van der Waals surface area (Å²) in [5, 5.41) is 12.5. The molecule has 1 amide bonds. The Morgan fingerprint density at radius 1 is 1.43 bits per heavy atom. The third-order valence-corrected chi connectivity index (χ3v) is 4.21. The molecule has 0 aliphatic carbocycles. The summed E-state index contributed by atoms with van der Waals surface area (Å²) in [5.41, 5.74) is 0.640. The summed E-state index contributed by atoms with van der Waals surface area (Å²) in [4.78, 5) is 25.3. The van der Waals surface area contributed by atoms with Gasteiger partial charge in [0.1, 0.15) is 0 Å². The molecule has 21 heavy (non-hydrogen) atoms. The van der Waals surface area contributed by atoms with Crippen molar-refractivity contribution in [1.82, 2.24) is 4.90 Å². The number of carbonyl (C=O) groups is 2. The Morgan fingerprint density at radius 3 is 2.71 bits per heavy atom. The largest absolute Gasteiger partial charge is 0.481 e. The van der Waals surface area contributed by atoms with Crippen LogP contribution in [0.5, 0.6) is 0 Å². The lowest BCUT2D eigenvalue weighted by Crippen LogP contribution is -2.41. The van der Waals surface area contributed by atoms with Gasteiger partial charge in [-0.25, -0.2) is 0 Å². The molecule has 1 aliphatic heterocycles. The Balaban J connectivity index is 1.98. The third-order valence-electron chi connectivity index (χ3n) is 3.98. The van der Waals surface area contributed by atoms with E-state index in [1.54, 1.807) is 31.2 Å². The first-order chi connectivity index (χ1) is 9.88. The van der Waals surface area contributed by atoms with Crippen LogP contribution in [0.3, 0.4) is 0 Å². The van der Waals surface area contributed by atoms with Crippen LogP contribution in [-0.4, -0.2) is 41.0 Å². The minimum absolute atomic E-state index is 0.0453. The first kappa shape index (κ1) is 15.8. The average molecular weight is 311 g/mol. The number of rotatable bonds is 4. The monoisotopic (exact) mass is 310 g/mol. The number of nitrogens with one attached hydrogen (secondary N) is 1. The lowest BCUT2D eigenvalue weighted by atomic mass is 9.99. The number of nitrogens with zero attached hydrogens (tertiary/aromatic N) is 1. The zero-order valence-corrected chi connectivity index (χ0v) is 12.8. The van der Waals surface area contributed by atoms with Gasteiger partial charge in [0.2, 0.25) is 5.91 Å². The van der Waals surface area contributed by atoms with Gasteiger partial charge < -0.3 is 10.4 Å². The molecule has 1 saturated heterocycles. The number of hydrogen-bond donors (Lipinski definition) is 2. The van der Waals surface area contributed by atoms with E-state index in [0.29, 0.717) is 23.8 Å². The fourth-order valence-corrected chi connectivity index (χ4v) is 2.81. The Kier molecular flexibility index (Phi) is 4.85. The highest BCUT2D eigenvalue weighted by Gasteiger charge is 2.38. The highest BCUT2D eigenvalue weighted by Crippen LogP contribution is 2.25. The third kappa shape index (κ3) is 3.74. The minimum Gasteiger partial charge on any atom is -0.481 e. The molecule has 0 radical (unpaired) electrons. The number of likely N-dealkylation sites (tertiary alicyclic amines) is 1. The summed E-state index contributed by atoms with van der Waals surface area (Å²) in [5.74, 6) is -1.32. The van der Waals surface area contributed by atoms with Crippen molar-refractivity contribution in [3.8, 4) is 0 Å². The van der Waals surface area contributed by atoms with Crippen LogP contribution in [-0.2, 0) is 9.59 Å². The number of amides is 1. The van der Waals surface area contributed by atoms with E-state index in [4.69, 9.17) is 16.7 Å². The number of carboxylic acids is 1. The molecule has 0 aromatic heterocycles. The summed E-state index contributed by atoms with van der Waals surface area (Å²) >= 11 is 5.88. The van der Waals surface area contributed by atoms with Gasteiger partial charge in [0.25, 0.3) is 0 Å². The van der Waals surface area contributed by atoms with Crippen molar-refractivity contribution < 1.29 is 14.7 Å². The quantitative estimate of drug-likeness (QED) is 0.895. The van der Waals surface area contributed by atoms with E-state index in [1.807, 2.05) is 11.8 Å². The topological polar surface area (TPSA) is 69.6 Å². The summed E-state index contributed by atoms with van der Waals surface area (Å²) in [6.07, 6.45) is 0. The maximum absolute atomic E-state index is 12.3. The summed E-state index contributed by atoms with van der Waals surface area (Å²) < 4.78 is 0. The van der Waals surface area contributed by atoms with Gasteiger partial charge in [0.05, 0.1) is 12.0 Å². The molecule has 0 spiro atoms. The smallest absolute Gasteiger partial charge is 0.308 e. The van der Waals surface area contributed by atoms with Crippen molar-refractivity contribution in [2.24, 2.45) is 11.8 Å². The van der Waals surface area contributed by atoms with Crippen LogP contribution in [0.2, 0.25) is 5.02 Å². The summed E-state index contributed by atoms with van der Waals surface area (Å²) in [6.45, 7) is 4.71. The maximum atomic E-state index is 12.3. The van der Waals surface area contributed by atoms with E-state index in [1.165, 1.54) is 0 Å². The maximum Gasteiger partial charge on any atom is 0.308 e. The fraction of sp³-hybridized carbons (Fsp3) is 0.467. The predicted molar refractivity (Wildman–Crippen MR) is 81.4 cm³/mol. The van der Waals surface area contributed by atoms with Gasteiger partial charge >= 0.3 is 5.97 Å². The molecule has 0 saturated carbocycles. The number of halogens is 1. The van der Waals surface area contributed by atoms with Gasteiger partial charge in [-0.2, -0.15) is 0 Å². The van der Waals surface area contributed by atoms with Crippen LogP contribution >= 0.6 is 11.6 Å². The molecule has 114 valence electrons. The number of anilines is 1. The normalized spacial score (nSPS) is 23.8. The molecule has 1 aromatic rings. The standard InChI is InChI=1S/C15H19ClN2O3/c1-9-7-18(8-13(9)15(20)21)10(2)14(19)17-12-5-3-4-11(16)6-12/h3-6,9-10,13H,7-8H2,1-2H3,(H,17,19)(H,20,21)/t9-,10?,13-/m1/s1. The van der Waals surface area contributed by atoms with Crippen LogP contribution in [0.4, 0.5) is 5.69 Å². The van der Waals surface area contributed by atoms with Crippen molar-refractivity contribution in [3.05, 3.63) is 29.3 Å². The Hall–Kier alpha value is -1.59. The number of benzene rings is 1. The van der Waals surface area contributed by atoms with Crippen molar-refractivity contribution in [2.45, 2.75) is 19.9 Å². The van der Waals surface area contributed by atoms with E-state index >= 15 is 0 Å². The molecular weight excluding hydrogens is 292 g/mol. The molecule has 1 aliphatic rings. The second kappa shape index (κ2) is 6.45. The lowest BCUT2D eigenvalue weighted by molar-refractivity contribution is -0.142. The van der Waals surface area contributed by atoms with Gasteiger partial charge in [0, 0.05) is 23.8 Å². The summed E-state index contributed by atoms with van der Waals surface area (Å²) in [7, 11) is 0. The van der Waals surface area contributed by atoms with Crippen LogP contribution in [0.15, 0.2) is 24.3 Å². The minimum atomic E-state index is -0.799. The molecule has 1 heterocycles. The number of aliphatic carboxylic acids is 1. The van der Waals surface area contributed by atoms with Crippen molar-refractivity contribution in [2.75, 3.05) is 18.4 Å². The van der Waals surface area contributed by atoms with E-state index in [9.17, 15) is 9.59 Å². The number of carboxylic acid groups (broad SMARTS) is 1. The first-order valence-electron chi connectivity index (χ1n) is 6.91. The number of hydrogen-bond acceptors (Lipinski definition) is 3. The molecule has 5 nitrogen and oxygen atoms in total. The molecule has 0 bridgehead atoms. The van der Waals surface area contributed by atoms with Gasteiger partial charge in [0.15, 0.2) is 0 Å². The molecule has 6 heteroatoms. The average Bonchev–Trinajstić information content (AvgIpc) is 2.80. The van der Waals surface area contributed by atoms with Gasteiger partial charge in [-0.1, -0.05) is 24.6 Å². The molecule has 1 fully saturated rings. The van der Waals surface area contributed by atoms with Crippen molar-refractivity contribution >= 4 is 29.2 Å². The predicted octanol–water partition coefficient (Wildman–Crippen LogP) is 2.32. The molecule has 2 N–H and O–H groups in total. The molecular formula is C15H19ClN2O3. The van der Waals surface area contributed by atoms with Gasteiger partial charge in [-0.15, -0.1) is 0 Å². The SMILES string of the molecule is CC(C(=O)Nc1cccc(Cl)c1)N1C[C@@H](C)[C@H](C(=O)O)C1. The highest BCUT2D eigenvalue weighted by atomic mass is 35.5. The van der Waals surface area contributed by atoms with E-state index in [2.05, 4.69) is 5.32 Å². The zero-order valence-electron chi connectivity index (χ0n) is 12.0. The second-order valence-electron chi connectivity index (χ2n) is 5.55. The Morgan fingerprint density at radius 2 is 2.14 bits per heavy atom. The summed E-state index contributed by atoms with van der Waals surface area (Å²) in [6, 6.07) is 6.57. The van der Waals surface area contributed by atoms with Crippen LogP contribution < -0.4 is 5.32 Å². The van der Waals surface area contributed by atoms with E-state index < -0.39 is 11.9 Å². The fourth-order valence-electron chi connectivity index (χ4n) is 2.62. The Bertz CT molecular complexity index is 549. The second-order valence-corrected chi connectivity index (χ2v) is 5.99. The van der Waals surface area contributed by atoms with E-state index in [-0.39, 0.29) is 17.9 Å². The molecule has 3 atom stereocenters. The zero-order chi connectivity index (χ0) is 15.6. The van der Waals surface area contributed by atoms with Crippen molar-refractivity contribution in [1.29, 1.82) is 0 Å². The van der Waals surface area contributed by atoms with Gasteiger partial charge in [-0.05, 0) is 31.0 Å². The lowest BCUT2D eigenvalue weighted by Gasteiger charge is -2.23. The number of carbonyl (C=O) groups excluding carboxylic acids is 1. The molecule has 2 rings (SSSR count). The van der Waals surface area contributed by atoms with Crippen LogP contribution in [0.1, 0.15) is 13.8 Å². The van der Waals surface area contributed by atoms with Crippen LogP contribution in [0.25, 0.3) is 0 Å². The molecule has 1 unspecified atom stereocenters. The first-order valence-corrected chi connectivity index (χ1v) is 7.29. The van der Waals surface area contributed by atoms with Crippen molar-refractivity contribution in [3.63, 3.8) is 0 Å².